The molecule has 6 heteroatoms. The van der Waals surface area contributed by atoms with Crippen molar-refractivity contribution in [1.82, 2.24) is 0 Å². The molecule has 1 amide bonds. The molecule has 1 aromatic carbocycles. The van der Waals surface area contributed by atoms with Crippen molar-refractivity contribution < 1.29 is 14.5 Å². The summed E-state index contributed by atoms with van der Waals surface area (Å²) in [6, 6.07) is 4.09. The zero-order valence-corrected chi connectivity index (χ0v) is 7.89. The molecule has 78 valence electrons. The molecular weight excluding hydrogens is 200 g/mol. The van der Waals surface area contributed by atoms with E-state index in [1.165, 1.54) is 18.2 Å². The third-order valence-corrected chi connectivity index (χ3v) is 2.10. The second kappa shape index (κ2) is 3.23. The minimum absolute atomic E-state index is 0.0767. The number of nitro groups is 1. The number of nitrogens with zero attached hydrogens (tertiary/aromatic N) is 1. The smallest absolute Gasteiger partial charge is 0.271 e. The van der Waals surface area contributed by atoms with E-state index < -0.39 is 11.0 Å². The van der Waals surface area contributed by atoms with Gasteiger partial charge in [-0.1, -0.05) is 0 Å². The van der Waals surface area contributed by atoms with Crippen molar-refractivity contribution in [2.45, 2.75) is 13.0 Å². The summed E-state index contributed by atoms with van der Waals surface area (Å²) in [5, 5.41) is 13.0. The second-order valence-corrected chi connectivity index (χ2v) is 3.19. The quantitative estimate of drug-likeness (QED) is 0.557. The Hall–Kier alpha value is -2.11. The van der Waals surface area contributed by atoms with Crippen LogP contribution in [0.2, 0.25) is 0 Å². The van der Waals surface area contributed by atoms with Crippen LogP contribution in [0.4, 0.5) is 11.4 Å². The molecule has 1 aliphatic heterocycles. The number of carbonyl (C=O) groups is 1. The number of benzene rings is 1. The number of hydrogen-bond acceptors (Lipinski definition) is 4. The Morgan fingerprint density at radius 3 is 2.93 bits per heavy atom. The maximum absolute atomic E-state index is 11.2. The van der Waals surface area contributed by atoms with E-state index in [9.17, 15) is 14.9 Å². The van der Waals surface area contributed by atoms with Crippen molar-refractivity contribution in [2.24, 2.45) is 0 Å². The number of rotatable bonds is 1. The second-order valence-electron chi connectivity index (χ2n) is 3.19. The lowest BCUT2D eigenvalue weighted by molar-refractivity contribution is -0.384. The van der Waals surface area contributed by atoms with E-state index in [4.69, 9.17) is 4.74 Å². The molecule has 15 heavy (non-hydrogen) atoms. The molecular formula is C9H8N2O4. The average molecular weight is 208 g/mol. The predicted molar refractivity (Wildman–Crippen MR) is 51.8 cm³/mol. The van der Waals surface area contributed by atoms with Crippen molar-refractivity contribution in [3.63, 3.8) is 0 Å². The predicted octanol–water partition coefficient (Wildman–Crippen LogP) is 1.31. The summed E-state index contributed by atoms with van der Waals surface area (Å²) in [4.78, 5) is 21.2. The first kappa shape index (κ1) is 9.45. The molecule has 0 fully saturated rings. The Balaban J connectivity index is 2.41. The van der Waals surface area contributed by atoms with Gasteiger partial charge in [0, 0.05) is 12.1 Å². The van der Waals surface area contributed by atoms with Crippen LogP contribution in [-0.4, -0.2) is 16.9 Å². The number of nitro benzene ring substituents is 1. The topological polar surface area (TPSA) is 81.5 Å². The average Bonchev–Trinajstić information content (AvgIpc) is 2.19. The van der Waals surface area contributed by atoms with Crippen LogP contribution in [-0.2, 0) is 4.79 Å². The molecule has 2 rings (SSSR count). The largest absolute Gasteiger partial charge is 0.479 e. The summed E-state index contributed by atoms with van der Waals surface area (Å²) < 4.78 is 5.24. The van der Waals surface area contributed by atoms with Crippen LogP contribution < -0.4 is 10.1 Å². The fourth-order valence-electron chi connectivity index (χ4n) is 1.31. The molecule has 0 radical (unpaired) electrons. The Bertz CT molecular complexity index is 444. The first-order chi connectivity index (χ1) is 7.08. The number of carbonyl (C=O) groups excluding carboxylic acids is 1. The fraction of sp³-hybridized carbons (Fsp3) is 0.222. The van der Waals surface area contributed by atoms with E-state index in [0.717, 1.165) is 0 Å². The number of anilines is 1. The number of hydrogen-bond donors (Lipinski definition) is 1. The molecule has 0 aromatic heterocycles. The van der Waals surface area contributed by atoms with Crippen LogP contribution in [0.1, 0.15) is 6.92 Å². The van der Waals surface area contributed by atoms with Gasteiger partial charge in [-0.05, 0) is 13.0 Å². The molecule has 0 saturated heterocycles. The molecule has 1 aliphatic rings. The standard InChI is InChI=1S/C9H8N2O4/c1-5-9(12)10-7-4-6(11(13)14)2-3-8(7)15-5/h2-5H,1H3,(H,10,12)/t5-/m0/s1. The molecule has 6 nitrogen and oxygen atoms in total. The molecule has 1 atom stereocenters. The molecule has 0 aliphatic carbocycles. The highest BCUT2D eigenvalue weighted by atomic mass is 16.6. The Morgan fingerprint density at radius 1 is 1.53 bits per heavy atom. The van der Waals surface area contributed by atoms with Crippen molar-refractivity contribution >= 4 is 17.3 Å². The molecule has 0 unspecified atom stereocenters. The Kier molecular flexibility index (Phi) is 2.03. The first-order valence-corrected chi connectivity index (χ1v) is 4.34. The summed E-state index contributed by atoms with van der Waals surface area (Å²) in [5.74, 6) is 0.149. The van der Waals surface area contributed by atoms with Gasteiger partial charge in [0.2, 0.25) is 0 Å². The van der Waals surface area contributed by atoms with Crippen LogP contribution in [0.3, 0.4) is 0 Å². The van der Waals surface area contributed by atoms with Gasteiger partial charge in [-0.25, -0.2) is 0 Å². The van der Waals surface area contributed by atoms with E-state index in [0.29, 0.717) is 11.4 Å². The van der Waals surface area contributed by atoms with Gasteiger partial charge in [-0.15, -0.1) is 0 Å². The zero-order valence-electron chi connectivity index (χ0n) is 7.89. The summed E-state index contributed by atoms with van der Waals surface area (Å²) in [6.45, 7) is 1.61. The van der Waals surface area contributed by atoms with Gasteiger partial charge in [0.15, 0.2) is 6.10 Å². The lowest BCUT2D eigenvalue weighted by atomic mass is 10.2. The summed E-state index contributed by atoms with van der Waals surface area (Å²) in [7, 11) is 0. The van der Waals surface area contributed by atoms with Crippen molar-refractivity contribution in [2.75, 3.05) is 5.32 Å². The van der Waals surface area contributed by atoms with Crippen molar-refractivity contribution in [1.29, 1.82) is 0 Å². The minimum atomic E-state index is -0.570. The third-order valence-electron chi connectivity index (χ3n) is 2.10. The summed E-state index contributed by atoms with van der Waals surface area (Å²) >= 11 is 0. The minimum Gasteiger partial charge on any atom is -0.479 e. The lowest BCUT2D eigenvalue weighted by Gasteiger charge is -2.22. The van der Waals surface area contributed by atoms with Gasteiger partial charge in [0.05, 0.1) is 10.6 Å². The first-order valence-electron chi connectivity index (χ1n) is 4.34. The van der Waals surface area contributed by atoms with E-state index in [1.54, 1.807) is 6.92 Å². The summed E-state index contributed by atoms with van der Waals surface area (Å²) in [6.07, 6.45) is -0.570. The maximum Gasteiger partial charge on any atom is 0.271 e. The normalized spacial score (nSPS) is 18.7. The van der Waals surface area contributed by atoms with Gasteiger partial charge in [-0.3, -0.25) is 14.9 Å². The van der Waals surface area contributed by atoms with Gasteiger partial charge >= 0.3 is 0 Å². The Morgan fingerprint density at radius 2 is 2.27 bits per heavy atom. The van der Waals surface area contributed by atoms with Crippen molar-refractivity contribution in [3.05, 3.63) is 28.3 Å². The number of amides is 1. The van der Waals surface area contributed by atoms with Crippen molar-refractivity contribution in [3.8, 4) is 5.75 Å². The molecule has 0 bridgehead atoms. The SMILES string of the molecule is C[C@@H]1Oc2ccc([N+](=O)[O-])cc2NC1=O. The fourth-order valence-corrected chi connectivity index (χ4v) is 1.31. The van der Waals surface area contributed by atoms with Crippen LogP contribution in [0.15, 0.2) is 18.2 Å². The number of fused-ring (bicyclic) bond motifs is 1. The highest BCUT2D eigenvalue weighted by molar-refractivity contribution is 5.97. The monoisotopic (exact) mass is 208 g/mol. The van der Waals surface area contributed by atoms with Gasteiger partial charge in [-0.2, -0.15) is 0 Å². The highest BCUT2D eigenvalue weighted by Crippen LogP contribution is 2.32. The molecule has 1 aromatic rings. The van der Waals surface area contributed by atoms with Crippen LogP contribution in [0.5, 0.6) is 5.75 Å². The number of non-ortho nitro benzene ring substituents is 1. The van der Waals surface area contributed by atoms with Crippen LogP contribution >= 0.6 is 0 Å². The van der Waals surface area contributed by atoms with E-state index in [2.05, 4.69) is 5.32 Å². The maximum atomic E-state index is 11.2. The highest BCUT2D eigenvalue weighted by Gasteiger charge is 2.24. The van der Waals surface area contributed by atoms with Crippen LogP contribution in [0, 0.1) is 10.1 Å². The van der Waals surface area contributed by atoms with Gasteiger partial charge in [0.25, 0.3) is 11.6 Å². The molecule has 1 N–H and O–H groups in total. The molecule has 0 saturated carbocycles. The molecule has 0 spiro atoms. The van der Waals surface area contributed by atoms with E-state index in [1.807, 2.05) is 0 Å². The van der Waals surface area contributed by atoms with E-state index >= 15 is 0 Å². The van der Waals surface area contributed by atoms with Gasteiger partial charge < -0.3 is 10.1 Å². The number of ether oxygens (including phenoxy) is 1. The van der Waals surface area contributed by atoms with E-state index in [-0.39, 0.29) is 11.6 Å². The summed E-state index contributed by atoms with van der Waals surface area (Å²) in [5.41, 5.74) is 0.263. The lowest BCUT2D eigenvalue weighted by Crippen LogP contribution is -2.34. The third kappa shape index (κ3) is 1.61. The number of nitrogens with one attached hydrogen (secondary N) is 1. The zero-order chi connectivity index (χ0) is 11.0. The Labute approximate surface area is 85.0 Å². The van der Waals surface area contributed by atoms with Gasteiger partial charge in [0.1, 0.15) is 5.75 Å². The van der Waals surface area contributed by atoms with Crippen LogP contribution in [0.25, 0.3) is 0 Å². The molecule has 1 heterocycles.